The molecule has 2 aliphatic rings. The Morgan fingerprint density at radius 2 is 1.29 bits per heavy atom. The van der Waals surface area contributed by atoms with Crippen LogP contribution in [0.3, 0.4) is 0 Å². The molecule has 34 heavy (non-hydrogen) atoms. The molecule has 0 N–H and O–H groups in total. The fourth-order valence-electron chi connectivity index (χ4n) is 3.94. The molecule has 0 atom stereocenters. The van der Waals surface area contributed by atoms with E-state index in [1.54, 1.807) is 0 Å². The average Bonchev–Trinajstić information content (AvgIpc) is 3.33. The molecule has 0 saturated carbocycles. The fourth-order valence-corrected chi connectivity index (χ4v) is 3.94. The number of hydrogen-bond donors (Lipinski definition) is 0. The molecule has 1 amide bonds. The Morgan fingerprint density at radius 1 is 0.794 bits per heavy atom. The largest absolute Gasteiger partial charge is 0.334 e. The van der Waals surface area contributed by atoms with Crippen LogP contribution in [0.5, 0.6) is 0 Å². The molecule has 0 radical (unpaired) electrons. The summed E-state index contributed by atoms with van der Waals surface area (Å²) >= 11 is 0. The molecule has 176 valence electrons. The van der Waals surface area contributed by atoms with Crippen molar-refractivity contribution in [2.24, 2.45) is 0 Å². The number of Topliss-reactive ketones (excluding diaryl/α,β-unsaturated/α-hetero) is 1. The van der Waals surface area contributed by atoms with E-state index in [2.05, 4.69) is 4.90 Å². The van der Waals surface area contributed by atoms with Crippen molar-refractivity contribution < 1.29 is 27.2 Å². The number of hydrogen-bond acceptors (Lipinski definition) is 3. The minimum atomic E-state index is -1.05. The Labute approximate surface area is 194 Å². The van der Waals surface area contributed by atoms with E-state index in [9.17, 15) is 27.2 Å². The first-order valence-corrected chi connectivity index (χ1v) is 10.8. The summed E-state index contributed by atoms with van der Waals surface area (Å²) in [6.45, 7) is 2.11. The zero-order chi connectivity index (χ0) is 24.2. The highest BCUT2D eigenvalue weighted by molar-refractivity contribution is 6.15. The molecule has 2 aromatic rings. The summed E-state index contributed by atoms with van der Waals surface area (Å²) in [6, 6.07) is 6.52. The van der Waals surface area contributed by atoms with Crippen LogP contribution in [0.25, 0.3) is 12.2 Å². The third kappa shape index (κ3) is 5.51. The minimum Gasteiger partial charge on any atom is -0.334 e. The van der Waals surface area contributed by atoms with Crippen molar-refractivity contribution in [3.05, 3.63) is 94.1 Å². The molecule has 2 aliphatic heterocycles. The Balaban J connectivity index is 1.62. The monoisotopic (exact) mass is 470 g/mol. The Morgan fingerprint density at radius 3 is 1.76 bits per heavy atom. The molecule has 0 bridgehead atoms. The lowest BCUT2D eigenvalue weighted by molar-refractivity contribution is -0.131. The van der Waals surface area contributed by atoms with E-state index >= 15 is 0 Å². The molecule has 0 unspecified atom stereocenters. The summed E-state index contributed by atoms with van der Waals surface area (Å²) in [4.78, 5) is 29.7. The van der Waals surface area contributed by atoms with Gasteiger partial charge in [-0.25, -0.2) is 17.6 Å². The quantitative estimate of drug-likeness (QED) is 0.370. The van der Waals surface area contributed by atoms with Crippen LogP contribution in [0.4, 0.5) is 17.6 Å². The smallest absolute Gasteiger partial charge is 0.224 e. The van der Waals surface area contributed by atoms with E-state index in [0.717, 1.165) is 37.4 Å². The van der Waals surface area contributed by atoms with Gasteiger partial charge in [0.25, 0.3) is 0 Å². The van der Waals surface area contributed by atoms with Gasteiger partial charge in [0, 0.05) is 50.3 Å². The summed E-state index contributed by atoms with van der Waals surface area (Å²) in [7, 11) is 0. The van der Waals surface area contributed by atoms with Crippen molar-refractivity contribution in [3.8, 4) is 0 Å². The maximum atomic E-state index is 13.7. The highest BCUT2D eigenvalue weighted by Gasteiger charge is 2.29. The molecule has 1 saturated heterocycles. The van der Waals surface area contributed by atoms with E-state index < -0.39 is 29.1 Å². The van der Waals surface area contributed by atoms with Crippen LogP contribution >= 0.6 is 0 Å². The van der Waals surface area contributed by atoms with Gasteiger partial charge < -0.3 is 4.90 Å². The topological polar surface area (TPSA) is 40.6 Å². The normalized spacial score (nSPS) is 18.9. The third-order valence-corrected chi connectivity index (χ3v) is 5.76. The lowest BCUT2D eigenvalue weighted by Crippen LogP contribution is -2.42. The molecular formula is C26H22F4N2O2. The number of likely N-dealkylation sites (tertiary alicyclic amines) is 1. The lowest BCUT2D eigenvalue weighted by Gasteiger charge is -2.30. The van der Waals surface area contributed by atoms with E-state index in [1.807, 2.05) is 12.2 Å². The summed E-state index contributed by atoms with van der Waals surface area (Å²) in [5.41, 5.74) is 0.961. The van der Waals surface area contributed by atoms with Gasteiger partial charge >= 0.3 is 0 Å². The number of benzene rings is 2. The number of ketones is 1. The SMILES string of the molecule is O=C1/C(=C/c2ccc(F)c(F)c2)CN(C(=O)CCN2CC=CC2)C/C1=C\c1ccc(F)c(F)c1. The number of carbonyl (C=O) groups excluding carboxylic acids is 2. The zero-order valence-electron chi connectivity index (χ0n) is 18.2. The van der Waals surface area contributed by atoms with Crippen LogP contribution in [0.1, 0.15) is 17.5 Å². The predicted octanol–water partition coefficient (Wildman–Crippen LogP) is 4.38. The Kier molecular flexibility index (Phi) is 7.07. The van der Waals surface area contributed by atoms with Crippen LogP contribution < -0.4 is 0 Å². The molecular weight excluding hydrogens is 448 g/mol. The molecule has 0 spiro atoms. The minimum absolute atomic E-state index is 0.00400. The molecule has 0 aromatic heterocycles. The van der Waals surface area contributed by atoms with Gasteiger partial charge in [0.1, 0.15) is 0 Å². The van der Waals surface area contributed by atoms with E-state index in [-0.39, 0.29) is 47.7 Å². The first-order valence-electron chi connectivity index (χ1n) is 10.8. The van der Waals surface area contributed by atoms with Crippen LogP contribution in [0.2, 0.25) is 0 Å². The fraction of sp³-hybridized carbons (Fsp3) is 0.231. The second-order valence-corrected chi connectivity index (χ2v) is 8.25. The standard InChI is InChI=1S/C26H22F4N2O2/c27-21-5-3-17(13-23(21)29)11-19-15-32(25(33)7-10-31-8-1-2-9-31)16-20(26(19)34)12-18-4-6-22(28)24(30)14-18/h1-6,11-14H,7-10,15-16H2/b19-11+,20-12+. The van der Waals surface area contributed by atoms with Gasteiger partial charge in [-0.05, 0) is 47.5 Å². The predicted molar refractivity (Wildman–Crippen MR) is 120 cm³/mol. The third-order valence-electron chi connectivity index (χ3n) is 5.76. The summed E-state index contributed by atoms with van der Waals surface area (Å²) in [5, 5.41) is 0. The molecule has 4 rings (SSSR count). The van der Waals surface area contributed by atoms with Gasteiger partial charge in [-0.2, -0.15) is 0 Å². The van der Waals surface area contributed by atoms with Crippen LogP contribution in [-0.4, -0.2) is 54.2 Å². The summed E-state index contributed by atoms with van der Waals surface area (Å²) < 4.78 is 54.0. The maximum Gasteiger partial charge on any atom is 0.224 e. The second-order valence-electron chi connectivity index (χ2n) is 8.25. The molecule has 1 fully saturated rings. The first kappa shape index (κ1) is 23.6. The number of rotatable bonds is 5. The summed E-state index contributed by atoms with van der Waals surface area (Å²) in [6.07, 6.45) is 7.11. The number of carbonyl (C=O) groups is 2. The van der Waals surface area contributed by atoms with Gasteiger partial charge in [0.15, 0.2) is 29.1 Å². The van der Waals surface area contributed by atoms with Crippen molar-refractivity contribution in [2.45, 2.75) is 6.42 Å². The van der Waals surface area contributed by atoms with Gasteiger partial charge in [0.05, 0.1) is 0 Å². The lowest BCUT2D eigenvalue weighted by atomic mass is 9.94. The van der Waals surface area contributed by atoms with Crippen LogP contribution in [0, 0.1) is 23.3 Å². The van der Waals surface area contributed by atoms with E-state index in [4.69, 9.17) is 0 Å². The molecule has 2 aromatic carbocycles. The zero-order valence-corrected chi connectivity index (χ0v) is 18.2. The number of halogens is 4. The van der Waals surface area contributed by atoms with Crippen molar-refractivity contribution in [1.82, 2.24) is 9.80 Å². The maximum absolute atomic E-state index is 13.7. The second kappa shape index (κ2) is 10.2. The molecule has 8 heteroatoms. The van der Waals surface area contributed by atoms with E-state index in [1.165, 1.54) is 29.2 Å². The van der Waals surface area contributed by atoms with Gasteiger partial charge in [-0.15, -0.1) is 0 Å². The van der Waals surface area contributed by atoms with Gasteiger partial charge in [-0.1, -0.05) is 24.3 Å². The number of piperidine rings is 1. The molecule has 2 heterocycles. The molecule has 4 nitrogen and oxygen atoms in total. The number of amides is 1. The van der Waals surface area contributed by atoms with Crippen molar-refractivity contribution >= 4 is 23.8 Å². The van der Waals surface area contributed by atoms with Crippen molar-refractivity contribution in [3.63, 3.8) is 0 Å². The Bertz CT molecular complexity index is 1140. The molecule has 0 aliphatic carbocycles. The number of nitrogens with zero attached hydrogens (tertiary/aromatic N) is 2. The highest BCUT2D eigenvalue weighted by atomic mass is 19.2. The summed E-state index contributed by atoms with van der Waals surface area (Å²) in [5.74, 6) is -4.70. The highest BCUT2D eigenvalue weighted by Crippen LogP contribution is 2.24. The van der Waals surface area contributed by atoms with Crippen LogP contribution in [-0.2, 0) is 9.59 Å². The average molecular weight is 470 g/mol. The van der Waals surface area contributed by atoms with Gasteiger partial charge in [0.2, 0.25) is 5.91 Å². The van der Waals surface area contributed by atoms with E-state index in [0.29, 0.717) is 6.54 Å². The van der Waals surface area contributed by atoms with Crippen molar-refractivity contribution in [1.29, 1.82) is 0 Å². The van der Waals surface area contributed by atoms with Crippen molar-refractivity contribution in [2.75, 3.05) is 32.7 Å². The van der Waals surface area contributed by atoms with Crippen LogP contribution in [0.15, 0.2) is 59.7 Å². The first-order chi connectivity index (χ1) is 16.3. The Hall–Kier alpha value is -3.52. The van der Waals surface area contributed by atoms with Gasteiger partial charge in [-0.3, -0.25) is 14.5 Å².